The summed E-state index contributed by atoms with van der Waals surface area (Å²) in [6.45, 7) is 2.46. The highest BCUT2D eigenvalue weighted by Gasteiger charge is 2.76. The number of halogens is 7. The molecule has 0 aromatic rings. The molecule has 0 saturated carbocycles. The van der Waals surface area contributed by atoms with Gasteiger partial charge in [-0.15, -0.1) is 0 Å². The second kappa shape index (κ2) is 7.14. The van der Waals surface area contributed by atoms with Crippen LogP contribution in [0.4, 0.5) is 30.7 Å². The van der Waals surface area contributed by atoms with Crippen LogP contribution in [-0.4, -0.2) is 42.5 Å². The first kappa shape index (κ1) is 20.5. The van der Waals surface area contributed by atoms with E-state index in [2.05, 4.69) is 4.74 Å². The second-order valence-electron chi connectivity index (χ2n) is 4.36. The summed E-state index contributed by atoms with van der Waals surface area (Å²) in [5, 5.41) is 1.08. The van der Waals surface area contributed by atoms with Crippen LogP contribution in [0.2, 0.25) is 0 Å². The van der Waals surface area contributed by atoms with Crippen LogP contribution in [0.15, 0.2) is 0 Å². The number of alkyl halides is 7. The minimum atomic E-state index is -6.63. The average Bonchev–Trinajstić information content (AvgIpc) is 2.36. The first-order valence-corrected chi connectivity index (χ1v) is 6.09. The largest absolute Gasteiger partial charge is 0.464 e. The molecule has 1 unspecified atom stereocenters. The molecule has 0 aromatic heterocycles. The van der Waals surface area contributed by atoms with Crippen LogP contribution in [0, 0.1) is 0 Å². The fourth-order valence-electron chi connectivity index (χ4n) is 1.11. The number of esters is 1. The van der Waals surface area contributed by atoms with Gasteiger partial charge in [-0.05, 0) is 13.3 Å². The van der Waals surface area contributed by atoms with Gasteiger partial charge < -0.3 is 10.1 Å². The molecular formula is C11H14F7NO3. The molecule has 0 aliphatic carbocycles. The topological polar surface area (TPSA) is 55.4 Å². The van der Waals surface area contributed by atoms with Gasteiger partial charge in [0.2, 0.25) is 0 Å². The number of carbonyl (C=O) groups is 2. The lowest BCUT2D eigenvalue weighted by Gasteiger charge is -2.27. The average molecular weight is 341 g/mol. The van der Waals surface area contributed by atoms with E-state index in [1.807, 2.05) is 0 Å². The molecule has 4 nitrogen and oxygen atoms in total. The van der Waals surface area contributed by atoms with Crippen LogP contribution >= 0.6 is 0 Å². The lowest BCUT2D eigenvalue weighted by atomic mass is 10.1. The van der Waals surface area contributed by atoms with Crippen molar-refractivity contribution < 1.29 is 45.1 Å². The molecule has 0 aliphatic heterocycles. The quantitative estimate of drug-likeness (QED) is 0.440. The molecule has 0 radical (unpaired) electrons. The normalized spacial score (nSPS) is 14.4. The monoisotopic (exact) mass is 341 g/mol. The summed E-state index contributed by atoms with van der Waals surface area (Å²) >= 11 is 0. The summed E-state index contributed by atoms with van der Waals surface area (Å²) < 4.78 is 91.4. The second-order valence-corrected chi connectivity index (χ2v) is 4.36. The van der Waals surface area contributed by atoms with E-state index < -0.39 is 35.9 Å². The number of unbranched alkanes of at least 4 members (excludes halogenated alkanes) is 1. The predicted octanol–water partition coefficient (Wildman–Crippen LogP) is 2.67. The molecule has 1 atom stereocenters. The Morgan fingerprint density at radius 1 is 1.09 bits per heavy atom. The van der Waals surface area contributed by atoms with Gasteiger partial charge in [0, 0.05) is 0 Å². The maximum atomic E-state index is 13.0. The fourth-order valence-corrected chi connectivity index (χ4v) is 1.11. The van der Waals surface area contributed by atoms with E-state index in [9.17, 15) is 40.3 Å². The molecule has 11 heteroatoms. The lowest BCUT2D eigenvalue weighted by Crippen LogP contribution is -2.61. The Morgan fingerprint density at radius 3 is 2.00 bits per heavy atom. The first-order chi connectivity index (χ1) is 9.79. The van der Waals surface area contributed by atoms with Gasteiger partial charge in [-0.1, -0.05) is 13.3 Å². The van der Waals surface area contributed by atoms with Gasteiger partial charge >= 0.3 is 24.0 Å². The van der Waals surface area contributed by atoms with Crippen molar-refractivity contribution in [2.75, 3.05) is 6.61 Å². The zero-order chi connectivity index (χ0) is 17.8. The molecule has 0 heterocycles. The molecule has 0 saturated heterocycles. The van der Waals surface area contributed by atoms with E-state index >= 15 is 0 Å². The Morgan fingerprint density at radius 2 is 1.59 bits per heavy atom. The highest BCUT2D eigenvalue weighted by Crippen LogP contribution is 2.46. The summed E-state index contributed by atoms with van der Waals surface area (Å²) in [5.41, 5.74) is 0. The molecule has 0 rings (SSSR count). The maximum Gasteiger partial charge on any atom is 0.460 e. The van der Waals surface area contributed by atoms with Crippen molar-refractivity contribution in [2.45, 2.75) is 50.8 Å². The van der Waals surface area contributed by atoms with Crippen molar-refractivity contribution in [1.29, 1.82) is 0 Å². The summed E-state index contributed by atoms with van der Waals surface area (Å²) in [6, 6.07) is -1.81. The van der Waals surface area contributed by atoms with Gasteiger partial charge in [0.05, 0.1) is 6.61 Å². The first-order valence-electron chi connectivity index (χ1n) is 6.09. The number of nitrogens with one attached hydrogen (secondary N) is 1. The Kier molecular flexibility index (Phi) is 6.64. The Bertz CT molecular complexity index is 409. The predicted molar refractivity (Wildman–Crippen MR) is 59.4 cm³/mol. The molecular weight excluding hydrogens is 327 g/mol. The summed E-state index contributed by atoms with van der Waals surface area (Å²) in [5.74, 6) is -16.8. The Labute approximate surface area is 121 Å². The van der Waals surface area contributed by atoms with Crippen LogP contribution in [0.5, 0.6) is 0 Å². The van der Waals surface area contributed by atoms with E-state index in [-0.39, 0.29) is 6.61 Å². The number of rotatable bonds is 7. The minimum Gasteiger partial charge on any atom is -0.464 e. The minimum absolute atomic E-state index is 0.107. The van der Waals surface area contributed by atoms with Crippen LogP contribution < -0.4 is 5.32 Å². The van der Waals surface area contributed by atoms with Crippen LogP contribution in [0.1, 0.15) is 26.7 Å². The molecule has 0 fully saturated rings. The molecule has 22 heavy (non-hydrogen) atoms. The summed E-state index contributed by atoms with van der Waals surface area (Å²) in [4.78, 5) is 22.2. The van der Waals surface area contributed by atoms with Gasteiger partial charge in [0.1, 0.15) is 6.04 Å². The van der Waals surface area contributed by atoms with Crippen molar-refractivity contribution in [3.63, 3.8) is 0 Å². The van der Waals surface area contributed by atoms with Crippen LogP contribution in [0.3, 0.4) is 0 Å². The van der Waals surface area contributed by atoms with E-state index in [0.717, 1.165) is 12.2 Å². The van der Waals surface area contributed by atoms with Crippen molar-refractivity contribution in [2.24, 2.45) is 0 Å². The third-order valence-corrected chi connectivity index (χ3v) is 2.48. The molecule has 0 spiro atoms. The van der Waals surface area contributed by atoms with Gasteiger partial charge in [-0.2, -0.15) is 30.7 Å². The van der Waals surface area contributed by atoms with Crippen molar-refractivity contribution in [3.05, 3.63) is 0 Å². The number of hydrogen-bond acceptors (Lipinski definition) is 3. The number of hydrogen-bond donors (Lipinski definition) is 1. The highest BCUT2D eigenvalue weighted by molar-refractivity contribution is 5.89. The number of carbonyl (C=O) groups excluding carboxylic acids is 2. The Hall–Kier alpha value is -1.55. The molecule has 1 N–H and O–H groups in total. The maximum absolute atomic E-state index is 13.0. The van der Waals surface area contributed by atoms with Crippen LogP contribution in [-0.2, 0) is 14.3 Å². The number of ether oxygens (including phenoxy) is 1. The molecule has 1 amide bonds. The standard InChI is InChI=1S/C11H14F7NO3/c1-3-4-5-22-7(20)6(2)19-8(21)9(12,13)10(14,15)11(16,17)18/h6H,3-5H2,1-2H3,(H,19,21). The molecule has 0 aliphatic rings. The van der Waals surface area contributed by atoms with E-state index in [4.69, 9.17) is 0 Å². The van der Waals surface area contributed by atoms with E-state index in [1.165, 1.54) is 0 Å². The summed E-state index contributed by atoms with van der Waals surface area (Å²) in [6.07, 6.45) is -5.57. The zero-order valence-corrected chi connectivity index (χ0v) is 11.6. The molecule has 130 valence electrons. The van der Waals surface area contributed by atoms with Gasteiger partial charge in [-0.3, -0.25) is 4.79 Å². The zero-order valence-electron chi connectivity index (χ0n) is 11.6. The third kappa shape index (κ3) is 4.47. The van der Waals surface area contributed by atoms with Crippen molar-refractivity contribution >= 4 is 11.9 Å². The smallest absolute Gasteiger partial charge is 0.460 e. The third-order valence-electron chi connectivity index (χ3n) is 2.48. The lowest BCUT2D eigenvalue weighted by molar-refractivity contribution is -0.344. The van der Waals surface area contributed by atoms with Gasteiger partial charge in [-0.25, -0.2) is 4.79 Å². The Balaban J connectivity index is 4.87. The highest BCUT2D eigenvalue weighted by atomic mass is 19.4. The molecule has 0 bridgehead atoms. The number of amides is 1. The fraction of sp³-hybridized carbons (Fsp3) is 0.818. The van der Waals surface area contributed by atoms with Crippen molar-refractivity contribution in [1.82, 2.24) is 5.32 Å². The van der Waals surface area contributed by atoms with Crippen LogP contribution in [0.25, 0.3) is 0 Å². The SMILES string of the molecule is CCCCOC(=O)C(C)NC(=O)C(F)(F)C(F)(F)C(F)(F)F. The summed E-state index contributed by atoms with van der Waals surface area (Å²) in [7, 11) is 0. The van der Waals surface area contributed by atoms with E-state index in [0.29, 0.717) is 12.8 Å². The van der Waals surface area contributed by atoms with Gasteiger partial charge in [0.15, 0.2) is 0 Å². The van der Waals surface area contributed by atoms with E-state index in [1.54, 1.807) is 6.92 Å². The molecule has 0 aromatic carbocycles. The van der Waals surface area contributed by atoms with Crippen molar-refractivity contribution in [3.8, 4) is 0 Å². The van der Waals surface area contributed by atoms with Gasteiger partial charge in [0.25, 0.3) is 5.91 Å².